The summed E-state index contributed by atoms with van der Waals surface area (Å²) in [6.07, 6.45) is 6.98. The Morgan fingerprint density at radius 1 is 0.867 bits per heavy atom. The Bertz CT molecular complexity index is 1620. The second-order valence-electron chi connectivity index (χ2n) is 6.39. The quantitative estimate of drug-likeness (QED) is 0.283. The average Bonchev–Trinajstić information content (AvgIpc) is 3.39. The van der Waals surface area contributed by atoms with Crippen molar-refractivity contribution in [2.24, 2.45) is 0 Å². The summed E-state index contributed by atoms with van der Waals surface area (Å²) < 4.78 is 5.63. The number of fused-ring (bicyclic) bond motifs is 6. The molecule has 6 aromatic rings. The van der Waals surface area contributed by atoms with E-state index in [0.717, 1.165) is 31.0 Å². The lowest BCUT2D eigenvalue weighted by Crippen LogP contribution is -2.10. The summed E-state index contributed by atoms with van der Waals surface area (Å²) in [7, 11) is 0. The van der Waals surface area contributed by atoms with Crippen LogP contribution < -0.4 is 5.56 Å². The van der Waals surface area contributed by atoms with Gasteiger partial charge in [0.05, 0.1) is 22.1 Å². The third-order valence-corrected chi connectivity index (χ3v) is 5.79. The van der Waals surface area contributed by atoms with Gasteiger partial charge in [0.15, 0.2) is 10.8 Å². The van der Waals surface area contributed by atoms with Gasteiger partial charge in [-0.1, -0.05) is 43.5 Å². The van der Waals surface area contributed by atoms with E-state index in [1.54, 1.807) is 23.0 Å². The highest BCUT2D eigenvalue weighted by molar-refractivity contribution is 9.10. The van der Waals surface area contributed by atoms with Crippen LogP contribution in [0.25, 0.3) is 33.4 Å². The van der Waals surface area contributed by atoms with Crippen LogP contribution in [0.2, 0.25) is 5.15 Å². The van der Waals surface area contributed by atoms with Crippen molar-refractivity contribution in [3.8, 4) is 0 Å². The van der Waals surface area contributed by atoms with E-state index in [1.165, 1.54) is 0 Å². The number of aromatic nitrogens is 6. The minimum atomic E-state index is -0.175. The first-order valence-corrected chi connectivity index (χ1v) is 10.7. The molecular formula is C20H11Br2ClN6O. The van der Waals surface area contributed by atoms with Crippen molar-refractivity contribution in [2.45, 2.75) is 0 Å². The number of imidazole rings is 2. The number of halogens is 3. The van der Waals surface area contributed by atoms with E-state index in [1.807, 2.05) is 47.0 Å². The van der Waals surface area contributed by atoms with Crippen LogP contribution in [-0.2, 0) is 0 Å². The van der Waals surface area contributed by atoms with Gasteiger partial charge in [-0.25, -0.2) is 15.0 Å². The van der Waals surface area contributed by atoms with Crippen molar-refractivity contribution in [1.82, 2.24) is 28.7 Å². The number of nitrogens with one attached hydrogen (secondary N) is 1. The van der Waals surface area contributed by atoms with Gasteiger partial charge in [-0.2, -0.15) is 0 Å². The number of H-pyrrole nitrogens is 1. The molecule has 4 aromatic heterocycles. The smallest absolute Gasteiger partial charge is 0.292 e. The summed E-state index contributed by atoms with van der Waals surface area (Å²) in [5, 5.41) is 0.422. The van der Waals surface area contributed by atoms with E-state index in [4.69, 9.17) is 11.6 Å². The fourth-order valence-electron chi connectivity index (χ4n) is 3.26. The van der Waals surface area contributed by atoms with Crippen molar-refractivity contribution >= 4 is 76.8 Å². The molecule has 0 fully saturated rings. The highest BCUT2D eigenvalue weighted by atomic mass is 79.9. The highest BCUT2D eigenvalue weighted by Crippen LogP contribution is 2.23. The lowest BCUT2D eigenvalue weighted by Gasteiger charge is -2.03. The Morgan fingerprint density at radius 2 is 1.50 bits per heavy atom. The molecule has 0 bridgehead atoms. The van der Waals surface area contributed by atoms with Gasteiger partial charge in [0.1, 0.15) is 0 Å². The van der Waals surface area contributed by atoms with E-state index < -0.39 is 0 Å². The summed E-state index contributed by atoms with van der Waals surface area (Å²) in [5.74, 6) is 0. The third-order valence-electron chi connectivity index (χ3n) is 4.55. The monoisotopic (exact) mass is 544 g/mol. The molecule has 30 heavy (non-hydrogen) atoms. The maximum absolute atomic E-state index is 11.6. The van der Waals surface area contributed by atoms with Crippen LogP contribution in [0.5, 0.6) is 0 Å². The Labute approximate surface area is 190 Å². The van der Waals surface area contributed by atoms with Gasteiger partial charge in [0, 0.05) is 33.7 Å². The zero-order valence-corrected chi connectivity index (χ0v) is 19.0. The molecule has 10 heteroatoms. The topological polar surface area (TPSA) is 80.4 Å². The molecule has 0 radical (unpaired) electrons. The number of hydrogen-bond acceptors (Lipinski definition) is 4. The van der Waals surface area contributed by atoms with Gasteiger partial charge < -0.3 is 4.98 Å². The molecule has 148 valence electrons. The SMILES string of the molecule is Clc1nc2cc(Br)ccc2n2ccnc12.O=c1[nH]c2cc(Br)ccc2n2ccnc12. The molecule has 0 unspecified atom stereocenters. The highest BCUT2D eigenvalue weighted by Gasteiger charge is 2.07. The Morgan fingerprint density at radius 3 is 2.27 bits per heavy atom. The maximum Gasteiger partial charge on any atom is 0.292 e. The molecule has 6 rings (SSSR count). The Hall–Kier alpha value is -2.75. The van der Waals surface area contributed by atoms with Crippen molar-refractivity contribution in [3.05, 3.63) is 85.6 Å². The number of rotatable bonds is 0. The Balaban J connectivity index is 0.000000128. The molecule has 0 aliphatic carbocycles. The standard InChI is InChI=1S/C10H5BrClN3.C10H6BrN3O/c11-6-1-2-8-7(5-6)14-9(12)10-13-3-4-15(8)10;11-6-1-2-8-7(5-6)13-10(15)9-12-3-4-14(8)9/h1-5H;1-5H,(H,13,15). The summed E-state index contributed by atoms with van der Waals surface area (Å²) >= 11 is 12.8. The number of hydrogen-bond donors (Lipinski definition) is 1. The van der Waals surface area contributed by atoms with Crippen LogP contribution in [0.1, 0.15) is 0 Å². The molecule has 0 saturated carbocycles. The predicted molar refractivity (Wildman–Crippen MR) is 124 cm³/mol. The number of benzene rings is 2. The fourth-order valence-corrected chi connectivity index (χ4v) is 4.20. The normalized spacial score (nSPS) is 11.3. The third kappa shape index (κ3) is 3.28. The van der Waals surface area contributed by atoms with Crippen molar-refractivity contribution in [2.75, 3.05) is 0 Å². The van der Waals surface area contributed by atoms with Gasteiger partial charge in [0.25, 0.3) is 5.56 Å². The van der Waals surface area contributed by atoms with Crippen molar-refractivity contribution in [3.63, 3.8) is 0 Å². The van der Waals surface area contributed by atoms with Gasteiger partial charge in [-0.05, 0) is 36.4 Å². The van der Waals surface area contributed by atoms with Crippen LogP contribution in [-0.4, -0.2) is 28.7 Å². The number of aromatic amines is 1. The largest absolute Gasteiger partial charge is 0.317 e. The average molecular weight is 547 g/mol. The molecule has 4 heterocycles. The molecule has 0 amide bonds. The van der Waals surface area contributed by atoms with Crippen LogP contribution in [0.15, 0.2) is 74.9 Å². The van der Waals surface area contributed by atoms with E-state index in [2.05, 4.69) is 51.8 Å². The van der Waals surface area contributed by atoms with Gasteiger partial charge in [-0.3, -0.25) is 13.6 Å². The molecule has 0 saturated heterocycles. The molecule has 0 aliphatic rings. The van der Waals surface area contributed by atoms with Gasteiger partial charge >= 0.3 is 0 Å². The van der Waals surface area contributed by atoms with E-state index >= 15 is 0 Å². The summed E-state index contributed by atoms with van der Waals surface area (Å²) in [6.45, 7) is 0. The predicted octanol–water partition coefficient (Wildman–Crippen LogP) is 5.24. The fraction of sp³-hybridized carbons (Fsp3) is 0. The van der Waals surface area contributed by atoms with Gasteiger partial charge in [0.2, 0.25) is 5.65 Å². The second-order valence-corrected chi connectivity index (χ2v) is 8.58. The number of nitrogens with zero attached hydrogens (tertiary/aromatic N) is 5. The first-order valence-electron chi connectivity index (χ1n) is 8.74. The molecule has 0 aliphatic heterocycles. The van der Waals surface area contributed by atoms with Gasteiger partial charge in [-0.15, -0.1) is 0 Å². The first-order chi connectivity index (χ1) is 14.5. The molecule has 0 spiro atoms. The van der Waals surface area contributed by atoms with E-state index in [9.17, 15) is 4.79 Å². The van der Waals surface area contributed by atoms with Crippen LogP contribution in [0, 0.1) is 0 Å². The van der Waals surface area contributed by atoms with Crippen LogP contribution in [0.4, 0.5) is 0 Å². The van der Waals surface area contributed by atoms with E-state index in [0.29, 0.717) is 16.4 Å². The zero-order chi connectivity index (χ0) is 20.8. The summed E-state index contributed by atoms with van der Waals surface area (Å²) in [5.41, 5.74) is 4.50. The zero-order valence-electron chi connectivity index (χ0n) is 15.1. The van der Waals surface area contributed by atoms with Crippen LogP contribution >= 0.6 is 43.5 Å². The molecule has 7 nitrogen and oxygen atoms in total. The minimum absolute atomic E-state index is 0.175. The summed E-state index contributed by atoms with van der Waals surface area (Å²) in [4.78, 5) is 26.8. The molecule has 2 aromatic carbocycles. The maximum atomic E-state index is 11.6. The molecule has 0 atom stereocenters. The van der Waals surface area contributed by atoms with Crippen LogP contribution in [0.3, 0.4) is 0 Å². The summed E-state index contributed by atoms with van der Waals surface area (Å²) in [6, 6.07) is 11.6. The minimum Gasteiger partial charge on any atom is -0.317 e. The second kappa shape index (κ2) is 7.50. The lowest BCUT2D eigenvalue weighted by molar-refractivity contribution is 1.17. The van der Waals surface area contributed by atoms with Crippen molar-refractivity contribution in [1.29, 1.82) is 0 Å². The molecular weight excluding hydrogens is 536 g/mol. The van der Waals surface area contributed by atoms with E-state index in [-0.39, 0.29) is 5.56 Å². The first kappa shape index (κ1) is 19.2. The Kier molecular flexibility index (Phi) is 4.80. The molecule has 1 N–H and O–H groups in total. The lowest BCUT2D eigenvalue weighted by atomic mass is 10.3. The van der Waals surface area contributed by atoms with Crippen molar-refractivity contribution < 1.29 is 0 Å².